The van der Waals surface area contributed by atoms with Gasteiger partial charge >= 0.3 is 17.1 Å². The van der Waals surface area contributed by atoms with Crippen molar-refractivity contribution in [1.82, 2.24) is 0 Å². The Bertz CT molecular complexity index is 6.85. The third-order valence-corrected chi connectivity index (χ3v) is 0. The van der Waals surface area contributed by atoms with E-state index in [0.29, 0.717) is 0 Å². The Hall–Kier alpha value is 1.51. The summed E-state index contributed by atoms with van der Waals surface area (Å²) in [7, 11) is 0. The molecule has 0 amide bonds. The van der Waals surface area contributed by atoms with Crippen molar-refractivity contribution in [2.45, 2.75) is 20.3 Å². The van der Waals surface area contributed by atoms with Gasteiger partial charge in [0.2, 0.25) is 0 Å². The number of rotatable bonds is 0. The maximum atomic E-state index is 2.12. The van der Waals surface area contributed by atoms with Crippen LogP contribution < -0.4 is 0 Å². The van der Waals surface area contributed by atoms with Crippen molar-refractivity contribution in [1.29, 1.82) is 0 Å². The molecule has 0 aromatic rings. The Kier molecular flexibility index (Phi) is 57.1. The Morgan fingerprint density at radius 1 is 1.20 bits per heavy atom. The van der Waals surface area contributed by atoms with Gasteiger partial charge in [-0.1, -0.05) is 20.3 Å². The van der Waals surface area contributed by atoms with Crippen molar-refractivity contribution in [3.63, 3.8) is 0 Å². The van der Waals surface area contributed by atoms with Gasteiger partial charge in [0.15, 0.2) is 0 Å². The summed E-state index contributed by atoms with van der Waals surface area (Å²) in [6.45, 7) is 4.25. The number of hydrogen-bond donors (Lipinski definition) is 0. The van der Waals surface area contributed by atoms with Crippen LogP contribution in [0.5, 0.6) is 0 Å². The van der Waals surface area contributed by atoms with Crippen molar-refractivity contribution in [3.05, 3.63) is 0 Å². The SMILES string of the molecule is CCC.[Pu].[SeH2]. The molecule has 34 valence electrons. The molecule has 0 radical (unpaired) electrons. The van der Waals surface area contributed by atoms with Crippen molar-refractivity contribution >= 4 is 17.1 Å². The molecule has 0 rings (SSSR count). The normalized spacial score (nSPS) is 3.60. The van der Waals surface area contributed by atoms with Crippen LogP contribution in [0.25, 0.3) is 0 Å². The molecule has 0 saturated heterocycles. The van der Waals surface area contributed by atoms with Gasteiger partial charge in [-0.05, 0) is 0 Å². The number of hydrogen-bond acceptors (Lipinski definition) is 0. The zero-order chi connectivity index (χ0) is 2.71. The molecule has 0 aromatic heterocycles. The third kappa shape index (κ3) is 29.8. The summed E-state index contributed by atoms with van der Waals surface area (Å²) in [5.41, 5.74) is 0. The molecule has 0 spiro atoms. The summed E-state index contributed by atoms with van der Waals surface area (Å²) in [6.07, 6.45) is 1.25. The quantitative estimate of drug-likeness (QED) is 0.546. The van der Waals surface area contributed by atoms with Crippen molar-refractivity contribution < 1.29 is 29.2 Å². The van der Waals surface area contributed by atoms with E-state index in [4.69, 9.17) is 0 Å². The van der Waals surface area contributed by atoms with Crippen LogP contribution in [0.4, 0.5) is 0 Å². The summed E-state index contributed by atoms with van der Waals surface area (Å²) in [5, 5.41) is 0. The fraction of sp³-hybridized carbons (Fsp3) is 1.00. The summed E-state index contributed by atoms with van der Waals surface area (Å²) in [5.74, 6) is 0. The summed E-state index contributed by atoms with van der Waals surface area (Å²) < 4.78 is 0. The average molecular weight is 369 g/mol. The van der Waals surface area contributed by atoms with Crippen LogP contribution in [0.3, 0.4) is 0 Å². The molecule has 0 heterocycles. The summed E-state index contributed by atoms with van der Waals surface area (Å²) >= 11 is 0. The fourth-order valence-electron chi connectivity index (χ4n) is 0. The summed E-state index contributed by atoms with van der Waals surface area (Å²) in [4.78, 5) is 0. The zero-order valence-corrected chi connectivity index (χ0v) is 9.11. The molecule has 0 saturated carbocycles. The second-order valence-corrected chi connectivity index (χ2v) is 0.707. The van der Waals surface area contributed by atoms with Crippen molar-refractivity contribution in [2.75, 3.05) is 0 Å². The van der Waals surface area contributed by atoms with Gasteiger partial charge in [0.1, 0.15) is 0 Å². The van der Waals surface area contributed by atoms with Crippen LogP contribution in [0.1, 0.15) is 20.3 Å². The Morgan fingerprint density at radius 2 is 1.20 bits per heavy atom. The minimum atomic E-state index is 0. The first-order chi connectivity index (χ1) is 1.41. The topological polar surface area (TPSA) is 0 Å². The van der Waals surface area contributed by atoms with Gasteiger partial charge in [0.25, 0.3) is 0 Å². The van der Waals surface area contributed by atoms with E-state index in [9.17, 15) is 0 Å². The van der Waals surface area contributed by atoms with E-state index in [1.807, 2.05) is 0 Å². The van der Waals surface area contributed by atoms with Gasteiger partial charge in [-0.25, -0.2) is 0 Å². The monoisotopic (exact) mass is 364 g/mol. The van der Waals surface area contributed by atoms with Crippen LogP contribution in [0.15, 0.2) is 0 Å². The van der Waals surface area contributed by atoms with Crippen LogP contribution in [-0.4, -0.2) is 17.1 Å². The molecule has 0 N–H and O–H groups in total. The Labute approximate surface area is 66.1 Å². The molecule has 0 aliphatic carbocycles. The minimum absolute atomic E-state index is 0. The molecule has 0 unspecified atom stereocenters. The fourth-order valence-corrected chi connectivity index (χ4v) is 0. The van der Waals surface area contributed by atoms with E-state index in [2.05, 4.69) is 13.8 Å². The van der Waals surface area contributed by atoms with Gasteiger partial charge in [-0.3, -0.25) is 0 Å². The summed E-state index contributed by atoms with van der Waals surface area (Å²) in [6, 6.07) is 0. The first-order valence-electron chi connectivity index (χ1n) is 1.41. The standard InChI is InChI=1S/C3H8.Pu.H2Se/c1-3-2;;/h3H2,1-2H3;;1H2. The Balaban J connectivity index is -0.0000000200. The molecular weight excluding hydrogens is 359 g/mol. The molecule has 0 atom stereocenters. The average Bonchev–Trinajstić information content (AvgIpc) is 0.918. The molecule has 0 fully saturated rings. The van der Waals surface area contributed by atoms with Crippen LogP contribution in [0, 0.1) is 29.2 Å². The van der Waals surface area contributed by atoms with Gasteiger partial charge in [0, 0.05) is 29.2 Å². The van der Waals surface area contributed by atoms with Gasteiger partial charge in [-0.15, -0.1) is 0 Å². The van der Waals surface area contributed by atoms with E-state index >= 15 is 0 Å². The van der Waals surface area contributed by atoms with Gasteiger partial charge in [0.05, 0.1) is 0 Å². The van der Waals surface area contributed by atoms with E-state index in [-0.39, 0.29) is 46.2 Å². The van der Waals surface area contributed by atoms with Crippen molar-refractivity contribution in [3.8, 4) is 0 Å². The van der Waals surface area contributed by atoms with Crippen LogP contribution >= 0.6 is 0 Å². The van der Waals surface area contributed by atoms with E-state index in [1.54, 1.807) is 0 Å². The van der Waals surface area contributed by atoms with E-state index < -0.39 is 0 Å². The van der Waals surface area contributed by atoms with Crippen LogP contribution in [-0.2, 0) is 0 Å². The van der Waals surface area contributed by atoms with Crippen molar-refractivity contribution in [2.24, 2.45) is 0 Å². The molecule has 5 heavy (non-hydrogen) atoms. The molecule has 0 bridgehead atoms. The first-order valence-corrected chi connectivity index (χ1v) is 1.41. The predicted molar refractivity (Wildman–Crippen MR) is 24.5 cm³/mol. The maximum absolute atomic E-state index is 2.12. The predicted octanol–water partition coefficient (Wildman–Crippen LogP) is 0.500. The first kappa shape index (κ1) is 16.0. The second-order valence-electron chi connectivity index (χ2n) is 0.707. The zero-order valence-electron chi connectivity index (χ0n) is 3.62. The Morgan fingerprint density at radius 3 is 1.20 bits per heavy atom. The van der Waals surface area contributed by atoms with E-state index in [1.165, 1.54) is 6.42 Å². The molecule has 2 heteroatoms. The molecular formula is C3H10PuSe. The third-order valence-electron chi connectivity index (χ3n) is 0. The van der Waals surface area contributed by atoms with E-state index in [0.717, 1.165) is 0 Å². The molecule has 0 aliphatic rings. The molecule has 0 aromatic carbocycles. The molecule has 0 aliphatic heterocycles. The van der Waals surface area contributed by atoms with Crippen LogP contribution in [0.2, 0.25) is 0 Å². The van der Waals surface area contributed by atoms with Gasteiger partial charge < -0.3 is 0 Å². The molecule has 0 nitrogen and oxygen atoms in total. The van der Waals surface area contributed by atoms with Gasteiger partial charge in [-0.2, -0.15) is 0 Å². The second kappa shape index (κ2) is 17.8.